The summed E-state index contributed by atoms with van der Waals surface area (Å²) in [6, 6.07) is 0. The molecule has 5 heteroatoms. The van der Waals surface area contributed by atoms with Gasteiger partial charge in [0, 0.05) is 32.7 Å². The summed E-state index contributed by atoms with van der Waals surface area (Å²) in [7, 11) is 0. The molecule has 124 valence electrons. The van der Waals surface area contributed by atoms with E-state index in [1.807, 2.05) is 0 Å². The van der Waals surface area contributed by atoms with Crippen molar-refractivity contribution < 1.29 is 4.74 Å². The van der Waals surface area contributed by atoms with Crippen molar-refractivity contribution in [3.63, 3.8) is 0 Å². The minimum Gasteiger partial charge on any atom is -0.379 e. The first kappa shape index (κ1) is 17.5. The zero-order chi connectivity index (χ0) is 13.6. The molecule has 3 fully saturated rings. The second-order valence-electron chi connectivity index (χ2n) is 6.87. The van der Waals surface area contributed by atoms with Crippen LogP contribution < -0.4 is 5.32 Å². The van der Waals surface area contributed by atoms with Crippen molar-refractivity contribution in [2.24, 2.45) is 11.8 Å². The second-order valence-corrected chi connectivity index (χ2v) is 6.87. The Morgan fingerprint density at radius 3 is 2.33 bits per heavy atom. The maximum Gasteiger partial charge on any atom is 0.0594 e. The number of halogens is 1. The molecule has 3 rings (SSSR count). The third kappa shape index (κ3) is 5.68. The van der Waals surface area contributed by atoms with Gasteiger partial charge in [-0.2, -0.15) is 0 Å². The highest BCUT2D eigenvalue weighted by atomic mass is 35.5. The van der Waals surface area contributed by atoms with Crippen molar-refractivity contribution in [2.75, 3.05) is 65.6 Å². The summed E-state index contributed by atoms with van der Waals surface area (Å²) in [5.74, 6) is 1.84. The molecule has 1 N–H and O–H groups in total. The van der Waals surface area contributed by atoms with E-state index in [1.54, 1.807) is 0 Å². The SMILES string of the molecule is C1C[C@@H](CN2CCOCC2)CN(CC2CCNCC2)C1.Cl. The first-order chi connectivity index (χ1) is 9.90. The van der Waals surface area contributed by atoms with Gasteiger partial charge in [0.05, 0.1) is 13.2 Å². The second kappa shape index (κ2) is 9.31. The standard InChI is InChI=1S/C16H31N3O.ClH/c1-2-16(13-18-8-10-20-11-9-18)14-19(7-1)12-15-3-5-17-6-4-15;/h15-17H,1-14H2;1H/t16-;/m0./s1. The monoisotopic (exact) mass is 317 g/mol. The molecule has 0 aromatic heterocycles. The Labute approximate surface area is 136 Å². The highest BCUT2D eigenvalue weighted by molar-refractivity contribution is 5.85. The van der Waals surface area contributed by atoms with Gasteiger partial charge in [0.2, 0.25) is 0 Å². The molecule has 3 aliphatic rings. The van der Waals surface area contributed by atoms with Gasteiger partial charge in [-0.05, 0) is 57.2 Å². The fraction of sp³-hybridized carbons (Fsp3) is 1.00. The Kier molecular flexibility index (Phi) is 7.75. The van der Waals surface area contributed by atoms with Crippen LogP contribution in [0.15, 0.2) is 0 Å². The molecule has 3 heterocycles. The lowest BCUT2D eigenvalue weighted by atomic mass is 9.93. The Hall–Kier alpha value is 0.130. The molecule has 3 saturated heterocycles. The number of hydrogen-bond acceptors (Lipinski definition) is 4. The number of hydrogen-bond donors (Lipinski definition) is 1. The summed E-state index contributed by atoms with van der Waals surface area (Å²) in [5, 5.41) is 3.48. The first-order valence-electron chi connectivity index (χ1n) is 8.63. The third-order valence-corrected chi connectivity index (χ3v) is 5.20. The average molecular weight is 318 g/mol. The van der Waals surface area contributed by atoms with Crippen LogP contribution in [0.5, 0.6) is 0 Å². The normalized spacial score (nSPS) is 30.0. The Morgan fingerprint density at radius 1 is 0.857 bits per heavy atom. The van der Waals surface area contributed by atoms with Crippen molar-refractivity contribution in [1.29, 1.82) is 0 Å². The van der Waals surface area contributed by atoms with E-state index >= 15 is 0 Å². The van der Waals surface area contributed by atoms with E-state index in [-0.39, 0.29) is 12.4 Å². The van der Waals surface area contributed by atoms with Crippen LogP contribution in [0.2, 0.25) is 0 Å². The number of morpholine rings is 1. The summed E-state index contributed by atoms with van der Waals surface area (Å²) in [5.41, 5.74) is 0. The number of nitrogens with zero attached hydrogens (tertiary/aromatic N) is 2. The zero-order valence-corrected chi connectivity index (χ0v) is 14.1. The zero-order valence-electron chi connectivity index (χ0n) is 13.3. The van der Waals surface area contributed by atoms with Gasteiger partial charge in [0.1, 0.15) is 0 Å². The number of rotatable bonds is 4. The molecule has 0 radical (unpaired) electrons. The summed E-state index contributed by atoms with van der Waals surface area (Å²) in [4.78, 5) is 5.37. The number of ether oxygens (including phenoxy) is 1. The van der Waals surface area contributed by atoms with Crippen LogP contribution in [0.25, 0.3) is 0 Å². The minimum absolute atomic E-state index is 0. The summed E-state index contributed by atoms with van der Waals surface area (Å²) < 4.78 is 5.45. The molecular formula is C16H32ClN3O. The van der Waals surface area contributed by atoms with E-state index in [1.165, 1.54) is 65.0 Å². The molecule has 0 unspecified atom stereocenters. The quantitative estimate of drug-likeness (QED) is 0.849. The number of piperidine rings is 2. The van der Waals surface area contributed by atoms with E-state index in [0.29, 0.717) is 0 Å². The van der Waals surface area contributed by atoms with Crippen molar-refractivity contribution in [2.45, 2.75) is 25.7 Å². The molecule has 1 atom stereocenters. The van der Waals surface area contributed by atoms with Crippen molar-refractivity contribution in [1.82, 2.24) is 15.1 Å². The van der Waals surface area contributed by atoms with Crippen molar-refractivity contribution >= 4 is 12.4 Å². The average Bonchev–Trinajstić information content (AvgIpc) is 2.50. The van der Waals surface area contributed by atoms with Crippen LogP contribution in [0.3, 0.4) is 0 Å². The van der Waals surface area contributed by atoms with Gasteiger partial charge in [0.25, 0.3) is 0 Å². The first-order valence-corrected chi connectivity index (χ1v) is 8.63. The molecule has 0 bridgehead atoms. The lowest BCUT2D eigenvalue weighted by molar-refractivity contribution is 0.0216. The van der Waals surface area contributed by atoms with E-state index in [0.717, 1.165) is 38.1 Å². The molecule has 0 aliphatic carbocycles. The molecule has 0 saturated carbocycles. The molecular weight excluding hydrogens is 286 g/mol. The van der Waals surface area contributed by atoms with Crippen LogP contribution in [0.4, 0.5) is 0 Å². The fourth-order valence-corrected chi connectivity index (χ4v) is 4.04. The van der Waals surface area contributed by atoms with Gasteiger partial charge in [-0.3, -0.25) is 4.90 Å². The Balaban J connectivity index is 0.00000161. The van der Waals surface area contributed by atoms with E-state index in [2.05, 4.69) is 15.1 Å². The molecule has 0 amide bonds. The predicted octanol–water partition coefficient (Wildman–Crippen LogP) is 1.45. The van der Waals surface area contributed by atoms with Gasteiger partial charge < -0.3 is 15.0 Å². The Bertz CT molecular complexity index is 255. The van der Waals surface area contributed by atoms with Gasteiger partial charge in [-0.1, -0.05) is 0 Å². The Morgan fingerprint density at radius 2 is 1.57 bits per heavy atom. The largest absolute Gasteiger partial charge is 0.379 e. The predicted molar refractivity (Wildman–Crippen MR) is 89.3 cm³/mol. The molecule has 0 spiro atoms. The smallest absolute Gasteiger partial charge is 0.0594 e. The maximum absolute atomic E-state index is 5.45. The lowest BCUT2D eigenvalue weighted by Gasteiger charge is -2.38. The molecule has 0 aromatic carbocycles. The minimum atomic E-state index is 0. The highest BCUT2D eigenvalue weighted by Crippen LogP contribution is 2.21. The van der Waals surface area contributed by atoms with E-state index < -0.39 is 0 Å². The van der Waals surface area contributed by atoms with Gasteiger partial charge in [-0.15, -0.1) is 12.4 Å². The van der Waals surface area contributed by atoms with Crippen LogP contribution in [-0.4, -0.2) is 75.4 Å². The lowest BCUT2D eigenvalue weighted by Crippen LogP contribution is -2.46. The molecule has 4 nitrogen and oxygen atoms in total. The van der Waals surface area contributed by atoms with Gasteiger partial charge >= 0.3 is 0 Å². The number of nitrogens with one attached hydrogen (secondary N) is 1. The molecule has 3 aliphatic heterocycles. The van der Waals surface area contributed by atoms with Crippen molar-refractivity contribution in [3.05, 3.63) is 0 Å². The van der Waals surface area contributed by atoms with Crippen LogP contribution >= 0.6 is 12.4 Å². The van der Waals surface area contributed by atoms with E-state index in [9.17, 15) is 0 Å². The molecule has 0 aromatic rings. The van der Waals surface area contributed by atoms with Crippen LogP contribution in [0.1, 0.15) is 25.7 Å². The summed E-state index contributed by atoms with van der Waals surface area (Å²) in [6.07, 6.45) is 5.59. The van der Waals surface area contributed by atoms with Crippen LogP contribution in [-0.2, 0) is 4.74 Å². The third-order valence-electron chi connectivity index (χ3n) is 5.20. The van der Waals surface area contributed by atoms with Gasteiger partial charge in [0.15, 0.2) is 0 Å². The number of likely N-dealkylation sites (tertiary alicyclic amines) is 1. The maximum atomic E-state index is 5.45. The topological polar surface area (TPSA) is 27.7 Å². The molecule has 21 heavy (non-hydrogen) atoms. The van der Waals surface area contributed by atoms with Crippen LogP contribution in [0, 0.1) is 11.8 Å². The highest BCUT2D eigenvalue weighted by Gasteiger charge is 2.25. The van der Waals surface area contributed by atoms with Gasteiger partial charge in [-0.25, -0.2) is 0 Å². The fourth-order valence-electron chi connectivity index (χ4n) is 4.04. The summed E-state index contributed by atoms with van der Waals surface area (Å²) >= 11 is 0. The van der Waals surface area contributed by atoms with Crippen molar-refractivity contribution in [3.8, 4) is 0 Å². The summed E-state index contributed by atoms with van der Waals surface area (Å²) in [6.45, 7) is 11.9. The van der Waals surface area contributed by atoms with E-state index in [4.69, 9.17) is 4.74 Å².